The first-order chi connectivity index (χ1) is 8.58. The van der Waals surface area contributed by atoms with E-state index in [1.165, 1.54) is 0 Å². The molecule has 0 heterocycles. The van der Waals surface area contributed by atoms with E-state index in [1.54, 1.807) is 23.9 Å². The topological polar surface area (TPSA) is 38.3 Å². The summed E-state index contributed by atoms with van der Waals surface area (Å²) in [4.78, 5) is 11.3. The monoisotopic (exact) mass is 287 g/mol. The number of halogens is 1. The largest absolute Gasteiger partial charge is 0.493 e. The van der Waals surface area contributed by atoms with Crippen LogP contribution in [0.5, 0.6) is 5.75 Å². The van der Waals surface area contributed by atoms with Crippen LogP contribution in [0.3, 0.4) is 0 Å². The molecule has 5 heteroatoms. The average Bonchev–Trinajstić information content (AvgIpc) is 2.27. The van der Waals surface area contributed by atoms with Crippen molar-refractivity contribution in [1.29, 1.82) is 0 Å². The second-order valence-electron chi connectivity index (χ2n) is 4.08. The van der Waals surface area contributed by atoms with Crippen LogP contribution in [0.2, 0.25) is 5.02 Å². The summed E-state index contributed by atoms with van der Waals surface area (Å²) >= 11 is 7.39. The van der Waals surface area contributed by atoms with Crippen LogP contribution < -0.4 is 10.1 Å². The van der Waals surface area contributed by atoms with Crippen molar-refractivity contribution in [1.82, 2.24) is 5.32 Å². The first kappa shape index (κ1) is 15.2. The average molecular weight is 288 g/mol. The zero-order valence-corrected chi connectivity index (χ0v) is 12.2. The Labute approximate surface area is 117 Å². The third kappa shape index (κ3) is 6.77. The summed E-state index contributed by atoms with van der Waals surface area (Å²) in [6.45, 7) is 4.47. The SMILES string of the molecule is CC(C)NC(=O)CSCCOc1cccc(Cl)c1. The maximum Gasteiger partial charge on any atom is 0.230 e. The Morgan fingerprint density at radius 1 is 1.50 bits per heavy atom. The lowest BCUT2D eigenvalue weighted by Gasteiger charge is -2.08. The first-order valence-corrected chi connectivity index (χ1v) is 7.36. The molecule has 0 spiro atoms. The van der Waals surface area contributed by atoms with Gasteiger partial charge in [0.1, 0.15) is 5.75 Å². The van der Waals surface area contributed by atoms with Crippen molar-refractivity contribution < 1.29 is 9.53 Å². The molecule has 0 aromatic heterocycles. The minimum Gasteiger partial charge on any atom is -0.493 e. The molecular formula is C13H18ClNO2S. The Kier molecular flexibility index (Phi) is 6.98. The molecule has 0 aliphatic carbocycles. The Hall–Kier alpha value is -0.870. The van der Waals surface area contributed by atoms with E-state index in [0.29, 0.717) is 17.4 Å². The molecule has 100 valence electrons. The van der Waals surface area contributed by atoms with Gasteiger partial charge in [-0.3, -0.25) is 4.79 Å². The van der Waals surface area contributed by atoms with Crippen molar-refractivity contribution >= 4 is 29.3 Å². The molecule has 1 rings (SSSR count). The number of hydrogen-bond acceptors (Lipinski definition) is 3. The Bertz CT molecular complexity index is 385. The second-order valence-corrected chi connectivity index (χ2v) is 5.62. The zero-order valence-electron chi connectivity index (χ0n) is 10.6. The van der Waals surface area contributed by atoms with Crippen LogP contribution in [-0.4, -0.2) is 30.1 Å². The quantitative estimate of drug-likeness (QED) is 0.784. The molecule has 0 aliphatic heterocycles. The Morgan fingerprint density at radius 3 is 2.94 bits per heavy atom. The van der Waals surface area contributed by atoms with Gasteiger partial charge < -0.3 is 10.1 Å². The van der Waals surface area contributed by atoms with Gasteiger partial charge >= 0.3 is 0 Å². The maximum atomic E-state index is 11.3. The number of carbonyl (C=O) groups excluding carboxylic acids is 1. The van der Waals surface area contributed by atoms with Crippen molar-refractivity contribution in [3.63, 3.8) is 0 Å². The normalized spacial score (nSPS) is 10.4. The van der Waals surface area contributed by atoms with Crippen molar-refractivity contribution in [3.8, 4) is 5.75 Å². The summed E-state index contributed by atoms with van der Waals surface area (Å²) in [7, 11) is 0. The van der Waals surface area contributed by atoms with Gasteiger partial charge in [0.25, 0.3) is 0 Å². The van der Waals surface area contributed by atoms with E-state index >= 15 is 0 Å². The van der Waals surface area contributed by atoms with Crippen LogP contribution in [-0.2, 0) is 4.79 Å². The summed E-state index contributed by atoms with van der Waals surface area (Å²) in [6.07, 6.45) is 0. The number of ether oxygens (including phenoxy) is 1. The lowest BCUT2D eigenvalue weighted by molar-refractivity contribution is -0.119. The third-order valence-electron chi connectivity index (χ3n) is 1.98. The van der Waals surface area contributed by atoms with Crippen LogP contribution in [0.25, 0.3) is 0 Å². The molecule has 0 fully saturated rings. The minimum absolute atomic E-state index is 0.0674. The molecule has 0 aliphatic rings. The van der Waals surface area contributed by atoms with E-state index in [-0.39, 0.29) is 11.9 Å². The highest BCUT2D eigenvalue weighted by Gasteiger charge is 2.03. The van der Waals surface area contributed by atoms with Gasteiger partial charge in [-0.25, -0.2) is 0 Å². The van der Waals surface area contributed by atoms with Crippen LogP contribution in [0.1, 0.15) is 13.8 Å². The summed E-state index contributed by atoms with van der Waals surface area (Å²) in [5.74, 6) is 2.07. The predicted octanol–water partition coefficient (Wildman–Crippen LogP) is 2.98. The van der Waals surface area contributed by atoms with E-state index in [4.69, 9.17) is 16.3 Å². The molecule has 1 amide bonds. The van der Waals surface area contributed by atoms with Gasteiger partial charge in [-0.1, -0.05) is 17.7 Å². The molecular weight excluding hydrogens is 270 g/mol. The smallest absolute Gasteiger partial charge is 0.230 e. The molecule has 0 bridgehead atoms. The fourth-order valence-corrected chi connectivity index (χ4v) is 2.10. The lowest BCUT2D eigenvalue weighted by atomic mass is 10.3. The van der Waals surface area contributed by atoms with E-state index in [9.17, 15) is 4.79 Å². The van der Waals surface area contributed by atoms with E-state index in [0.717, 1.165) is 11.5 Å². The number of thioether (sulfide) groups is 1. The summed E-state index contributed by atoms with van der Waals surface area (Å²) in [5, 5.41) is 3.50. The molecule has 1 N–H and O–H groups in total. The highest BCUT2D eigenvalue weighted by molar-refractivity contribution is 7.99. The number of benzene rings is 1. The number of carbonyl (C=O) groups is 1. The number of hydrogen-bond donors (Lipinski definition) is 1. The number of nitrogens with one attached hydrogen (secondary N) is 1. The van der Waals surface area contributed by atoms with Gasteiger partial charge in [-0.2, -0.15) is 0 Å². The maximum absolute atomic E-state index is 11.3. The molecule has 1 aromatic rings. The summed E-state index contributed by atoms with van der Waals surface area (Å²) in [5.41, 5.74) is 0. The van der Waals surface area contributed by atoms with Crippen LogP contribution in [0, 0.1) is 0 Å². The molecule has 3 nitrogen and oxygen atoms in total. The summed E-state index contributed by atoms with van der Waals surface area (Å²) in [6, 6.07) is 7.49. The molecule has 18 heavy (non-hydrogen) atoms. The van der Waals surface area contributed by atoms with Gasteiger partial charge in [-0.15, -0.1) is 11.8 Å². The minimum atomic E-state index is 0.0674. The molecule has 1 aromatic carbocycles. The highest BCUT2D eigenvalue weighted by atomic mass is 35.5. The Morgan fingerprint density at radius 2 is 2.28 bits per heavy atom. The molecule has 0 atom stereocenters. The third-order valence-corrected chi connectivity index (χ3v) is 3.13. The second kappa shape index (κ2) is 8.27. The first-order valence-electron chi connectivity index (χ1n) is 5.83. The van der Waals surface area contributed by atoms with E-state index < -0.39 is 0 Å². The lowest BCUT2D eigenvalue weighted by Crippen LogP contribution is -2.31. The number of amides is 1. The summed E-state index contributed by atoms with van der Waals surface area (Å²) < 4.78 is 5.51. The van der Waals surface area contributed by atoms with Crippen molar-refractivity contribution in [2.24, 2.45) is 0 Å². The molecule has 0 saturated heterocycles. The van der Waals surface area contributed by atoms with Crippen LogP contribution in [0.15, 0.2) is 24.3 Å². The van der Waals surface area contributed by atoms with Gasteiger partial charge in [0.2, 0.25) is 5.91 Å². The van der Waals surface area contributed by atoms with E-state index in [1.807, 2.05) is 26.0 Å². The predicted molar refractivity (Wildman–Crippen MR) is 77.6 cm³/mol. The van der Waals surface area contributed by atoms with Crippen molar-refractivity contribution in [2.75, 3.05) is 18.1 Å². The number of rotatable bonds is 7. The van der Waals surface area contributed by atoms with Crippen molar-refractivity contribution in [3.05, 3.63) is 29.3 Å². The van der Waals surface area contributed by atoms with E-state index in [2.05, 4.69) is 5.32 Å². The van der Waals surface area contributed by atoms with Crippen LogP contribution >= 0.6 is 23.4 Å². The molecule has 0 saturated carbocycles. The fourth-order valence-electron chi connectivity index (χ4n) is 1.30. The molecule has 0 unspecified atom stereocenters. The highest BCUT2D eigenvalue weighted by Crippen LogP contribution is 2.17. The van der Waals surface area contributed by atoms with Crippen molar-refractivity contribution in [2.45, 2.75) is 19.9 Å². The van der Waals surface area contributed by atoms with Gasteiger partial charge in [0.15, 0.2) is 0 Å². The zero-order chi connectivity index (χ0) is 13.4. The van der Waals surface area contributed by atoms with Gasteiger partial charge in [-0.05, 0) is 32.0 Å². The fraction of sp³-hybridized carbons (Fsp3) is 0.462. The Balaban J connectivity index is 2.10. The van der Waals surface area contributed by atoms with Crippen LogP contribution in [0.4, 0.5) is 0 Å². The van der Waals surface area contributed by atoms with Gasteiger partial charge in [0.05, 0.1) is 12.4 Å². The standard InChI is InChI=1S/C13H18ClNO2S/c1-10(2)15-13(16)9-18-7-6-17-12-5-3-4-11(14)8-12/h3-5,8,10H,6-7,9H2,1-2H3,(H,15,16). The molecule has 0 radical (unpaired) electrons. The van der Waals surface area contributed by atoms with Gasteiger partial charge in [0, 0.05) is 16.8 Å².